The lowest BCUT2D eigenvalue weighted by molar-refractivity contribution is 0.0193. The summed E-state index contributed by atoms with van der Waals surface area (Å²) in [5, 5.41) is 10.8. The number of nitrogens with zero attached hydrogens (tertiary/aromatic N) is 5. The molecule has 4 aliphatic heterocycles. The summed E-state index contributed by atoms with van der Waals surface area (Å²) in [5.41, 5.74) is 10.4. The molecule has 1 saturated carbocycles. The van der Waals surface area contributed by atoms with Crippen molar-refractivity contribution in [1.29, 1.82) is 0 Å². The summed E-state index contributed by atoms with van der Waals surface area (Å²) >= 11 is 6.79. The molecule has 5 heterocycles. The molecule has 292 valence electrons. The van der Waals surface area contributed by atoms with E-state index in [4.69, 9.17) is 16.3 Å². The Morgan fingerprint density at radius 2 is 1.65 bits per heavy atom. The Labute approximate surface area is 339 Å². The highest BCUT2D eigenvalue weighted by molar-refractivity contribution is 6.31. The van der Waals surface area contributed by atoms with Crippen LogP contribution in [0.3, 0.4) is 0 Å². The Morgan fingerprint density at radius 3 is 2.44 bits per heavy atom. The van der Waals surface area contributed by atoms with Crippen LogP contribution in [0.5, 0.6) is 5.75 Å². The highest BCUT2D eigenvalue weighted by Gasteiger charge is 2.51. The molecule has 0 unspecified atom stereocenters. The van der Waals surface area contributed by atoms with E-state index in [1.807, 2.05) is 30.3 Å². The first-order valence-corrected chi connectivity index (χ1v) is 20.8. The van der Waals surface area contributed by atoms with Gasteiger partial charge in [0, 0.05) is 102 Å². The quantitative estimate of drug-likeness (QED) is 0.179. The number of aromatic hydroxyl groups is 1. The summed E-state index contributed by atoms with van der Waals surface area (Å²) in [6, 6.07) is 29.3. The second-order valence-corrected chi connectivity index (χ2v) is 17.1. The van der Waals surface area contributed by atoms with Crippen LogP contribution < -0.4 is 9.80 Å². The van der Waals surface area contributed by atoms with Gasteiger partial charge in [-0.1, -0.05) is 35.9 Å². The molecule has 5 aromatic rings. The van der Waals surface area contributed by atoms with Gasteiger partial charge in [0.15, 0.2) is 0 Å². The fourth-order valence-electron chi connectivity index (χ4n) is 9.95. The van der Waals surface area contributed by atoms with Gasteiger partial charge in [-0.2, -0.15) is 0 Å². The van der Waals surface area contributed by atoms with Crippen LogP contribution in [0.25, 0.3) is 11.3 Å². The molecule has 1 aromatic heterocycles. The van der Waals surface area contributed by atoms with Crippen LogP contribution in [-0.2, 0) is 36.1 Å². The van der Waals surface area contributed by atoms with Crippen LogP contribution in [0, 0.1) is 0 Å². The number of phenolic OH excluding ortho intramolecular Hbond substituents is 1. The minimum atomic E-state index is -0.137. The number of anilines is 3. The molecule has 10 heteroatoms. The van der Waals surface area contributed by atoms with Crippen molar-refractivity contribution in [2.24, 2.45) is 0 Å². The Kier molecular flexibility index (Phi) is 9.15. The van der Waals surface area contributed by atoms with E-state index in [9.17, 15) is 5.11 Å². The number of benzene rings is 4. The third-order valence-electron chi connectivity index (χ3n) is 13.1. The third kappa shape index (κ3) is 6.50. The van der Waals surface area contributed by atoms with Gasteiger partial charge < -0.3 is 24.2 Å². The van der Waals surface area contributed by atoms with Crippen molar-refractivity contribution in [2.75, 3.05) is 56.2 Å². The molecule has 1 aliphatic carbocycles. The van der Waals surface area contributed by atoms with Gasteiger partial charge in [0.25, 0.3) is 11.8 Å². The zero-order chi connectivity index (χ0) is 38.8. The molecule has 2 fully saturated rings. The number of hydrogen-bond donors (Lipinski definition) is 1. The number of morpholine rings is 1. The maximum atomic E-state index is 15.3. The maximum absolute atomic E-state index is 15.3. The molecule has 2 amide bonds. The molecule has 0 radical (unpaired) electrons. The zero-order valence-electron chi connectivity index (χ0n) is 32.4. The number of amides is 2. The summed E-state index contributed by atoms with van der Waals surface area (Å²) in [5.74, 6) is -0.0249. The van der Waals surface area contributed by atoms with Crippen molar-refractivity contribution < 1.29 is 19.4 Å². The fraction of sp³-hybridized carbons (Fsp3) is 0.362. The van der Waals surface area contributed by atoms with E-state index in [0.29, 0.717) is 41.6 Å². The van der Waals surface area contributed by atoms with Gasteiger partial charge in [0.05, 0.1) is 18.8 Å². The molecular formula is C47H48ClN5O4. The van der Waals surface area contributed by atoms with Gasteiger partial charge in [-0.15, -0.1) is 0 Å². The summed E-state index contributed by atoms with van der Waals surface area (Å²) < 4.78 is 7.91. The second-order valence-electron chi connectivity index (χ2n) is 16.7. The summed E-state index contributed by atoms with van der Waals surface area (Å²) in [6.45, 7) is 6.14. The van der Waals surface area contributed by atoms with Gasteiger partial charge in [-0.05, 0) is 122 Å². The zero-order valence-corrected chi connectivity index (χ0v) is 33.2. The van der Waals surface area contributed by atoms with Crippen LogP contribution in [0.15, 0.2) is 91.0 Å². The van der Waals surface area contributed by atoms with Gasteiger partial charge in [-0.25, -0.2) is 0 Å². The summed E-state index contributed by atoms with van der Waals surface area (Å²) in [7, 11) is 2.15. The molecule has 1 saturated heterocycles. The van der Waals surface area contributed by atoms with Crippen molar-refractivity contribution in [3.63, 3.8) is 0 Å². The average Bonchev–Trinajstić information content (AvgIpc) is 3.83. The molecule has 57 heavy (non-hydrogen) atoms. The van der Waals surface area contributed by atoms with Crippen molar-refractivity contribution in [3.8, 4) is 17.0 Å². The van der Waals surface area contributed by atoms with Gasteiger partial charge in [-0.3, -0.25) is 19.4 Å². The van der Waals surface area contributed by atoms with Crippen LogP contribution in [-0.4, -0.2) is 83.8 Å². The smallest absolute Gasteiger partial charge is 0.264 e. The van der Waals surface area contributed by atoms with Gasteiger partial charge in [0.1, 0.15) is 5.75 Å². The number of fused-ring (bicyclic) bond motifs is 4. The number of carbonyl (C=O) groups excluding carboxylic acids is 2. The largest absolute Gasteiger partial charge is 0.508 e. The monoisotopic (exact) mass is 781 g/mol. The number of hydrogen-bond acceptors (Lipinski definition) is 6. The summed E-state index contributed by atoms with van der Waals surface area (Å²) in [4.78, 5) is 39.0. The van der Waals surface area contributed by atoms with Crippen molar-refractivity contribution >= 4 is 40.5 Å². The average molecular weight is 782 g/mol. The predicted molar refractivity (Wildman–Crippen MR) is 224 cm³/mol. The molecule has 1 N–H and O–H groups in total. The molecule has 9 nitrogen and oxygen atoms in total. The van der Waals surface area contributed by atoms with E-state index < -0.39 is 0 Å². The Morgan fingerprint density at radius 1 is 0.877 bits per heavy atom. The van der Waals surface area contributed by atoms with Crippen LogP contribution >= 0.6 is 11.6 Å². The summed E-state index contributed by atoms with van der Waals surface area (Å²) in [6.07, 6.45) is 5.77. The lowest BCUT2D eigenvalue weighted by Crippen LogP contribution is -2.52. The normalized spacial score (nSPS) is 19.6. The molecule has 1 spiro atoms. The van der Waals surface area contributed by atoms with Crippen molar-refractivity contribution in [1.82, 2.24) is 14.4 Å². The minimum Gasteiger partial charge on any atom is -0.508 e. The Hall–Kier alpha value is -5.09. The highest BCUT2D eigenvalue weighted by atomic mass is 35.5. The van der Waals surface area contributed by atoms with E-state index in [1.165, 1.54) is 22.4 Å². The molecule has 4 aromatic carbocycles. The van der Waals surface area contributed by atoms with E-state index in [1.54, 1.807) is 29.2 Å². The first-order valence-electron chi connectivity index (χ1n) is 20.5. The SMILES string of the molecule is CN1CC2(CC2)c2cc(N(C(=O)c3cc(-c4cc(Cl)ccc4C(=O)N4Cc5ccccc5C[C@H]4CN4CCOCC4)n4c3CCCC4)c3ccc(O)cc3)ccc21. The Bertz CT molecular complexity index is 2380. The Balaban J connectivity index is 1.06. The van der Waals surface area contributed by atoms with Gasteiger partial charge >= 0.3 is 0 Å². The highest BCUT2D eigenvalue weighted by Crippen LogP contribution is 2.57. The molecule has 10 rings (SSSR count). The molecule has 5 aliphatic rings. The molecular weight excluding hydrogens is 734 g/mol. The van der Waals surface area contributed by atoms with Crippen LogP contribution in [0.2, 0.25) is 5.02 Å². The second kappa shape index (κ2) is 14.4. The van der Waals surface area contributed by atoms with E-state index in [2.05, 4.69) is 62.7 Å². The number of rotatable bonds is 7. The fourth-order valence-corrected chi connectivity index (χ4v) is 10.1. The third-order valence-corrected chi connectivity index (χ3v) is 13.3. The predicted octanol–water partition coefficient (Wildman–Crippen LogP) is 8.21. The topological polar surface area (TPSA) is 81.5 Å². The van der Waals surface area contributed by atoms with Crippen LogP contribution in [0.4, 0.5) is 17.1 Å². The van der Waals surface area contributed by atoms with Crippen molar-refractivity contribution in [2.45, 2.75) is 63.1 Å². The first-order chi connectivity index (χ1) is 27.8. The van der Waals surface area contributed by atoms with Crippen molar-refractivity contribution in [3.05, 3.63) is 130 Å². The van der Waals surface area contributed by atoms with E-state index in [0.717, 1.165) is 93.9 Å². The van der Waals surface area contributed by atoms with Gasteiger partial charge in [0.2, 0.25) is 0 Å². The van der Waals surface area contributed by atoms with E-state index >= 15 is 9.59 Å². The first kappa shape index (κ1) is 36.3. The van der Waals surface area contributed by atoms with E-state index in [-0.39, 0.29) is 29.0 Å². The number of phenols is 1. The maximum Gasteiger partial charge on any atom is 0.264 e. The number of likely N-dealkylation sites (N-methyl/N-ethyl adjacent to an activating group) is 1. The number of carbonyl (C=O) groups is 2. The number of ether oxygens (including phenoxy) is 1. The lowest BCUT2D eigenvalue weighted by Gasteiger charge is -2.40. The number of aromatic nitrogens is 1. The van der Waals surface area contributed by atoms with Crippen LogP contribution in [0.1, 0.15) is 68.8 Å². The number of halogens is 1. The molecule has 0 bridgehead atoms. The lowest BCUT2D eigenvalue weighted by atomic mass is 9.92. The molecule has 1 atom stereocenters. The minimum absolute atomic E-state index is 0.00634. The standard InChI is InChI=1S/C47H48ClN5O4/c1-49-30-47(17-18-47)41-26-35(12-16-43(41)49)53(34-10-13-37(54)14-11-34)46(56)40-27-44(51-19-5-4-8-42(40)51)39-25-33(48)9-15-38(39)45(55)52-28-32-7-3-2-6-31(32)24-36(52)29-50-20-22-57-23-21-50/h2-3,6-7,9-16,25-27,36,54H,4-5,8,17-24,28-30H2,1H3/t36-/m0/s1.